The molecule has 8 aromatic rings. The summed E-state index contributed by atoms with van der Waals surface area (Å²) in [5.41, 5.74) is 13.6. The SMILES string of the molecule is c1ccc(N(c2ccccc2)c2ccc(-c3cccc4c5c(ccc34)Sc3ccccc3C53c4ccccc4-c4ccccc43)cc2)cc1. The highest BCUT2D eigenvalue weighted by molar-refractivity contribution is 7.99. The number of fused-ring (bicyclic) bond motifs is 11. The van der Waals surface area contributed by atoms with Crippen molar-refractivity contribution in [3.8, 4) is 22.3 Å². The minimum atomic E-state index is -0.405. The summed E-state index contributed by atoms with van der Waals surface area (Å²) in [6.07, 6.45) is 0. The van der Waals surface area contributed by atoms with E-state index in [0.29, 0.717) is 0 Å². The van der Waals surface area contributed by atoms with Crippen LogP contribution in [-0.4, -0.2) is 0 Å². The number of benzene rings is 8. The maximum Gasteiger partial charge on any atom is 0.0741 e. The Labute approximate surface area is 291 Å². The normalized spacial score (nSPS) is 13.4. The van der Waals surface area contributed by atoms with E-state index in [1.54, 1.807) is 0 Å². The van der Waals surface area contributed by atoms with E-state index in [9.17, 15) is 0 Å². The highest BCUT2D eigenvalue weighted by atomic mass is 32.2. The minimum absolute atomic E-state index is 0.405. The van der Waals surface area contributed by atoms with Crippen LogP contribution in [0.15, 0.2) is 198 Å². The van der Waals surface area contributed by atoms with Gasteiger partial charge in [-0.05, 0) is 104 Å². The van der Waals surface area contributed by atoms with E-state index in [2.05, 4.69) is 193 Å². The number of nitrogens with zero attached hydrogens (tertiary/aromatic N) is 1. The molecule has 0 saturated heterocycles. The van der Waals surface area contributed by atoms with Gasteiger partial charge in [0.25, 0.3) is 0 Å². The van der Waals surface area contributed by atoms with Crippen LogP contribution in [0.5, 0.6) is 0 Å². The van der Waals surface area contributed by atoms with Crippen molar-refractivity contribution in [1.82, 2.24) is 0 Å². The maximum absolute atomic E-state index is 2.37. The second-order valence-corrected chi connectivity index (χ2v) is 13.9. The van der Waals surface area contributed by atoms with Crippen molar-refractivity contribution in [1.29, 1.82) is 0 Å². The Hall–Kier alpha value is -5.83. The Morgan fingerprint density at radius 1 is 0.347 bits per heavy atom. The summed E-state index contributed by atoms with van der Waals surface area (Å²) in [7, 11) is 0. The second-order valence-electron chi connectivity index (χ2n) is 12.8. The van der Waals surface area contributed by atoms with Gasteiger partial charge >= 0.3 is 0 Å². The van der Waals surface area contributed by atoms with Crippen molar-refractivity contribution in [2.24, 2.45) is 0 Å². The molecule has 10 rings (SSSR count). The molecule has 49 heavy (non-hydrogen) atoms. The van der Waals surface area contributed by atoms with Crippen LogP contribution in [0.2, 0.25) is 0 Å². The molecule has 0 aromatic heterocycles. The van der Waals surface area contributed by atoms with Crippen molar-refractivity contribution in [3.63, 3.8) is 0 Å². The van der Waals surface area contributed by atoms with E-state index in [-0.39, 0.29) is 0 Å². The third kappa shape index (κ3) is 4.14. The molecule has 0 atom stereocenters. The molecule has 2 aliphatic rings. The number of rotatable bonds is 4. The van der Waals surface area contributed by atoms with Gasteiger partial charge in [0.15, 0.2) is 0 Å². The molecule has 1 nitrogen and oxygen atoms in total. The minimum Gasteiger partial charge on any atom is -0.311 e. The van der Waals surface area contributed by atoms with E-state index in [4.69, 9.17) is 0 Å². The Kier molecular flexibility index (Phi) is 6.40. The highest BCUT2D eigenvalue weighted by Gasteiger charge is 2.50. The zero-order valence-electron chi connectivity index (χ0n) is 26.8. The molecule has 0 fully saturated rings. The number of hydrogen-bond donors (Lipinski definition) is 0. The molecule has 0 radical (unpaired) electrons. The molecule has 2 heteroatoms. The zero-order valence-corrected chi connectivity index (χ0v) is 27.6. The largest absolute Gasteiger partial charge is 0.311 e. The topological polar surface area (TPSA) is 3.24 Å². The molecule has 0 amide bonds. The van der Waals surface area contributed by atoms with Gasteiger partial charge in [-0.25, -0.2) is 0 Å². The van der Waals surface area contributed by atoms with Gasteiger partial charge in [-0.15, -0.1) is 0 Å². The van der Waals surface area contributed by atoms with E-state index < -0.39 is 5.41 Å². The summed E-state index contributed by atoms with van der Waals surface area (Å²) in [6.45, 7) is 0. The van der Waals surface area contributed by atoms with Crippen LogP contribution in [0, 0.1) is 0 Å². The molecular weight excluding hydrogens is 611 g/mol. The Morgan fingerprint density at radius 3 is 1.53 bits per heavy atom. The van der Waals surface area contributed by atoms with Crippen molar-refractivity contribution in [2.45, 2.75) is 15.2 Å². The van der Waals surface area contributed by atoms with Crippen molar-refractivity contribution in [2.75, 3.05) is 4.90 Å². The van der Waals surface area contributed by atoms with Crippen LogP contribution in [0.25, 0.3) is 33.0 Å². The highest BCUT2D eigenvalue weighted by Crippen LogP contribution is 2.63. The van der Waals surface area contributed by atoms with Crippen LogP contribution >= 0.6 is 11.8 Å². The van der Waals surface area contributed by atoms with E-state index in [0.717, 1.165) is 17.1 Å². The first-order valence-corrected chi connectivity index (χ1v) is 17.7. The first kappa shape index (κ1) is 28.2. The zero-order chi connectivity index (χ0) is 32.4. The molecule has 1 aliphatic carbocycles. The lowest BCUT2D eigenvalue weighted by molar-refractivity contribution is 0.730. The van der Waals surface area contributed by atoms with Gasteiger partial charge in [0.05, 0.1) is 5.41 Å². The summed E-state index contributed by atoms with van der Waals surface area (Å²) in [4.78, 5) is 4.97. The number of anilines is 3. The molecular formula is C47H31NS. The molecule has 230 valence electrons. The lowest BCUT2D eigenvalue weighted by atomic mass is 9.66. The summed E-state index contributed by atoms with van der Waals surface area (Å²) in [5.74, 6) is 0. The summed E-state index contributed by atoms with van der Waals surface area (Å²) in [6, 6.07) is 69.0. The molecule has 0 unspecified atom stereocenters. The average molecular weight is 642 g/mol. The molecule has 8 aromatic carbocycles. The molecule has 1 heterocycles. The first-order chi connectivity index (χ1) is 24.3. The smallest absolute Gasteiger partial charge is 0.0741 e. The van der Waals surface area contributed by atoms with Crippen molar-refractivity contribution in [3.05, 3.63) is 210 Å². The van der Waals surface area contributed by atoms with Crippen LogP contribution in [0.3, 0.4) is 0 Å². The van der Waals surface area contributed by atoms with Crippen molar-refractivity contribution >= 4 is 39.6 Å². The van der Waals surface area contributed by atoms with Crippen LogP contribution in [0.1, 0.15) is 22.3 Å². The first-order valence-electron chi connectivity index (χ1n) is 16.9. The Balaban J connectivity index is 1.18. The maximum atomic E-state index is 2.37. The van der Waals surface area contributed by atoms with Crippen LogP contribution in [-0.2, 0) is 5.41 Å². The fourth-order valence-corrected chi connectivity index (χ4v) is 9.58. The van der Waals surface area contributed by atoms with Gasteiger partial charge < -0.3 is 4.90 Å². The third-order valence-corrected chi connectivity index (χ3v) is 11.5. The van der Waals surface area contributed by atoms with Gasteiger partial charge in [0, 0.05) is 26.9 Å². The van der Waals surface area contributed by atoms with Gasteiger partial charge in [-0.2, -0.15) is 0 Å². The van der Waals surface area contributed by atoms with Gasteiger partial charge in [-0.1, -0.05) is 151 Å². The fourth-order valence-electron chi connectivity index (χ4n) is 8.37. The van der Waals surface area contributed by atoms with Gasteiger partial charge in [0.1, 0.15) is 0 Å². The summed E-state index contributed by atoms with van der Waals surface area (Å²) < 4.78 is 0. The summed E-state index contributed by atoms with van der Waals surface area (Å²) in [5, 5.41) is 2.58. The van der Waals surface area contributed by atoms with E-state index >= 15 is 0 Å². The Morgan fingerprint density at radius 2 is 0.878 bits per heavy atom. The lowest BCUT2D eigenvalue weighted by Crippen LogP contribution is -2.32. The van der Waals surface area contributed by atoms with Crippen LogP contribution < -0.4 is 4.90 Å². The molecule has 0 N–H and O–H groups in total. The monoisotopic (exact) mass is 641 g/mol. The second kappa shape index (κ2) is 11.1. The average Bonchev–Trinajstić information content (AvgIpc) is 3.46. The standard InChI is InChI=1S/C47H31NS/c1-3-14-33(15-4-1)48(34-16-5-2-6-17-34)35-28-26-32(27-29-35)36-20-13-21-40-37(36)30-31-45-46(40)47(43-24-11-12-25-44(43)49-45)41-22-9-7-18-38(41)39-19-8-10-23-42(39)47/h1-31H. The fraction of sp³-hybridized carbons (Fsp3) is 0.0213. The number of para-hydroxylation sites is 2. The van der Waals surface area contributed by atoms with Crippen molar-refractivity contribution < 1.29 is 0 Å². The molecule has 0 saturated carbocycles. The predicted molar refractivity (Wildman–Crippen MR) is 205 cm³/mol. The van der Waals surface area contributed by atoms with Gasteiger partial charge in [0.2, 0.25) is 0 Å². The molecule has 1 spiro atoms. The van der Waals surface area contributed by atoms with Crippen LogP contribution in [0.4, 0.5) is 17.1 Å². The Bertz CT molecular complexity index is 2430. The summed E-state index contributed by atoms with van der Waals surface area (Å²) >= 11 is 1.90. The van der Waals surface area contributed by atoms with Gasteiger partial charge in [-0.3, -0.25) is 0 Å². The predicted octanol–water partition coefficient (Wildman–Crippen LogP) is 12.8. The van der Waals surface area contributed by atoms with E-state index in [1.165, 1.54) is 65.1 Å². The quantitative estimate of drug-likeness (QED) is 0.188. The van der Waals surface area contributed by atoms with E-state index in [1.807, 2.05) is 11.8 Å². The molecule has 0 bridgehead atoms. The third-order valence-electron chi connectivity index (χ3n) is 10.3. The number of hydrogen-bond acceptors (Lipinski definition) is 2. The molecule has 1 aliphatic heterocycles. The lowest BCUT2D eigenvalue weighted by Gasteiger charge is -2.40.